The zero-order valence-corrected chi connectivity index (χ0v) is 13.9. The number of fused-ring (bicyclic) bond motifs is 1. The number of carbonyl (C=O) groups excluding carboxylic acids is 1. The predicted molar refractivity (Wildman–Crippen MR) is 92.9 cm³/mol. The largest absolute Gasteiger partial charge is 0.352 e. The molecule has 0 aliphatic heterocycles. The lowest BCUT2D eigenvalue weighted by Crippen LogP contribution is -2.26. The molecule has 122 valence electrons. The number of amides is 1. The lowest BCUT2D eigenvalue weighted by atomic mass is 10.1. The number of aryl methyl sites for hydroxylation is 2. The van der Waals surface area contributed by atoms with E-state index in [0.29, 0.717) is 23.9 Å². The molecule has 2 heterocycles. The molecule has 1 fully saturated rings. The van der Waals surface area contributed by atoms with Crippen LogP contribution in [0.1, 0.15) is 34.0 Å². The van der Waals surface area contributed by atoms with Crippen LogP contribution in [0.15, 0.2) is 42.6 Å². The van der Waals surface area contributed by atoms with Gasteiger partial charge in [0.05, 0.1) is 17.1 Å². The molecule has 1 amide bonds. The molecular weight excluding hydrogens is 300 g/mol. The Morgan fingerprint density at radius 2 is 2.12 bits per heavy atom. The lowest BCUT2D eigenvalue weighted by Gasteiger charge is -2.07. The molecule has 1 aliphatic rings. The van der Waals surface area contributed by atoms with E-state index in [4.69, 9.17) is 0 Å². The Balaban J connectivity index is 1.46. The van der Waals surface area contributed by atoms with Crippen LogP contribution in [-0.4, -0.2) is 27.2 Å². The Morgan fingerprint density at radius 1 is 1.33 bits per heavy atom. The SMILES string of the molecule is Cc1cc(C(=O)NC[C@H]2C[C@H]2c2ccccc2)c2cnn(C)c2n1. The normalized spacial score (nSPS) is 19.4. The summed E-state index contributed by atoms with van der Waals surface area (Å²) in [6, 6.07) is 12.3. The monoisotopic (exact) mass is 320 g/mol. The van der Waals surface area contributed by atoms with E-state index in [0.717, 1.165) is 23.1 Å². The first-order valence-electron chi connectivity index (χ1n) is 8.26. The van der Waals surface area contributed by atoms with Gasteiger partial charge in [0.25, 0.3) is 5.91 Å². The molecule has 1 aliphatic carbocycles. The fourth-order valence-electron chi connectivity index (χ4n) is 3.33. The Labute approximate surface area is 140 Å². The number of nitrogens with one attached hydrogen (secondary N) is 1. The first-order valence-corrected chi connectivity index (χ1v) is 8.26. The molecule has 4 rings (SSSR count). The van der Waals surface area contributed by atoms with E-state index in [2.05, 4.69) is 39.7 Å². The maximum absolute atomic E-state index is 12.6. The van der Waals surface area contributed by atoms with Crippen molar-refractivity contribution in [3.8, 4) is 0 Å². The van der Waals surface area contributed by atoms with Crippen molar-refractivity contribution < 1.29 is 4.79 Å². The van der Waals surface area contributed by atoms with Crippen molar-refractivity contribution in [3.05, 3.63) is 59.4 Å². The summed E-state index contributed by atoms with van der Waals surface area (Å²) in [6.45, 7) is 2.61. The molecule has 5 nitrogen and oxygen atoms in total. The van der Waals surface area contributed by atoms with Crippen LogP contribution in [0.5, 0.6) is 0 Å². The highest BCUT2D eigenvalue weighted by Crippen LogP contribution is 2.46. The van der Waals surface area contributed by atoms with E-state index in [1.165, 1.54) is 5.56 Å². The summed E-state index contributed by atoms with van der Waals surface area (Å²) >= 11 is 0. The van der Waals surface area contributed by atoms with Gasteiger partial charge in [0.1, 0.15) is 0 Å². The molecule has 0 radical (unpaired) electrons. The van der Waals surface area contributed by atoms with Gasteiger partial charge < -0.3 is 5.32 Å². The molecular formula is C19H20N4O. The van der Waals surface area contributed by atoms with Gasteiger partial charge in [-0.1, -0.05) is 30.3 Å². The number of hydrogen-bond acceptors (Lipinski definition) is 3. The molecule has 2 atom stereocenters. The molecule has 1 aromatic carbocycles. The van der Waals surface area contributed by atoms with E-state index >= 15 is 0 Å². The maximum atomic E-state index is 12.6. The van der Waals surface area contributed by atoms with Gasteiger partial charge in [0.15, 0.2) is 5.65 Å². The lowest BCUT2D eigenvalue weighted by molar-refractivity contribution is 0.0953. The summed E-state index contributed by atoms with van der Waals surface area (Å²) in [5.41, 5.74) is 3.59. The number of nitrogens with zero attached hydrogens (tertiary/aromatic N) is 3. The molecule has 1 N–H and O–H groups in total. The minimum absolute atomic E-state index is 0.0442. The Morgan fingerprint density at radius 3 is 2.92 bits per heavy atom. The van der Waals surface area contributed by atoms with E-state index in [1.54, 1.807) is 10.9 Å². The third kappa shape index (κ3) is 2.66. The van der Waals surface area contributed by atoms with E-state index in [-0.39, 0.29) is 5.91 Å². The third-order valence-corrected chi connectivity index (χ3v) is 4.75. The zero-order chi connectivity index (χ0) is 16.7. The quantitative estimate of drug-likeness (QED) is 0.804. The average Bonchev–Trinajstić information content (AvgIpc) is 3.29. The van der Waals surface area contributed by atoms with E-state index in [1.807, 2.05) is 26.1 Å². The van der Waals surface area contributed by atoms with Crippen molar-refractivity contribution in [2.24, 2.45) is 13.0 Å². The van der Waals surface area contributed by atoms with Gasteiger partial charge in [0, 0.05) is 19.3 Å². The smallest absolute Gasteiger partial charge is 0.252 e. The number of pyridine rings is 1. The fourth-order valence-corrected chi connectivity index (χ4v) is 3.33. The standard InChI is InChI=1S/C19H20N4O/c1-12-8-16(17-11-21-23(2)18(17)22-12)19(24)20-10-14-9-15(14)13-6-4-3-5-7-13/h3-8,11,14-15H,9-10H2,1-2H3,(H,20,24)/t14-,15+/m1/s1. The maximum Gasteiger partial charge on any atom is 0.252 e. The second-order valence-corrected chi connectivity index (χ2v) is 6.54. The second kappa shape index (κ2) is 5.74. The van der Waals surface area contributed by atoms with Gasteiger partial charge in [-0.3, -0.25) is 9.48 Å². The zero-order valence-electron chi connectivity index (χ0n) is 13.9. The van der Waals surface area contributed by atoms with Crippen molar-refractivity contribution >= 4 is 16.9 Å². The molecule has 0 unspecified atom stereocenters. The number of hydrogen-bond donors (Lipinski definition) is 1. The molecule has 0 bridgehead atoms. The minimum atomic E-state index is -0.0442. The van der Waals surface area contributed by atoms with Crippen LogP contribution in [0, 0.1) is 12.8 Å². The van der Waals surface area contributed by atoms with E-state index in [9.17, 15) is 4.79 Å². The van der Waals surface area contributed by atoms with Crippen LogP contribution < -0.4 is 5.32 Å². The topological polar surface area (TPSA) is 59.8 Å². The summed E-state index contributed by atoms with van der Waals surface area (Å²) in [7, 11) is 1.84. The van der Waals surface area contributed by atoms with Gasteiger partial charge >= 0.3 is 0 Å². The Hall–Kier alpha value is -2.69. The predicted octanol–water partition coefficient (Wildman–Crippen LogP) is 2.81. The number of rotatable bonds is 4. The Kier molecular flexibility index (Phi) is 3.56. The highest BCUT2D eigenvalue weighted by atomic mass is 16.1. The van der Waals surface area contributed by atoms with Crippen molar-refractivity contribution in [1.29, 1.82) is 0 Å². The summed E-state index contributed by atoms with van der Waals surface area (Å²) in [4.78, 5) is 17.1. The first kappa shape index (κ1) is 14.9. The van der Waals surface area contributed by atoms with E-state index < -0.39 is 0 Å². The summed E-state index contributed by atoms with van der Waals surface area (Å²) in [6.07, 6.45) is 2.85. The van der Waals surface area contributed by atoms with Crippen LogP contribution in [0.3, 0.4) is 0 Å². The molecule has 0 saturated heterocycles. The second-order valence-electron chi connectivity index (χ2n) is 6.54. The minimum Gasteiger partial charge on any atom is -0.352 e. The van der Waals surface area contributed by atoms with Crippen molar-refractivity contribution in [1.82, 2.24) is 20.1 Å². The molecule has 0 spiro atoms. The molecule has 5 heteroatoms. The van der Waals surface area contributed by atoms with Crippen molar-refractivity contribution in [2.45, 2.75) is 19.3 Å². The Bertz CT molecular complexity index is 900. The summed E-state index contributed by atoms with van der Waals surface area (Å²) in [5, 5.41) is 8.10. The molecule has 24 heavy (non-hydrogen) atoms. The number of aromatic nitrogens is 3. The summed E-state index contributed by atoms with van der Waals surface area (Å²) in [5.74, 6) is 1.06. The molecule has 1 saturated carbocycles. The van der Waals surface area contributed by atoms with Gasteiger partial charge in [0.2, 0.25) is 0 Å². The average molecular weight is 320 g/mol. The molecule has 2 aromatic heterocycles. The highest BCUT2D eigenvalue weighted by molar-refractivity contribution is 6.05. The van der Waals surface area contributed by atoms with Crippen LogP contribution in [0.25, 0.3) is 11.0 Å². The van der Waals surface area contributed by atoms with Gasteiger partial charge in [-0.2, -0.15) is 5.10 Å². The highest BCUT2D eigenvalue weighted by Gasteiger charge is 2.38. The van der Waals surface area contributed by atoms with Crippen molar-refractivity contribution in [3.63, 3.8) is 0 Å². The third-order valence-electron chi connectivity index (χ3n) is 4.75. The fraction of sp³-hybridized carbons (Fsp3) is 0.316. The van der Waals surface area contributed by atoms with Gasteiger partial charge in [-0.25, -0.2) is 4.98 Å². The van der Waals surface area contributed by atoms with Crippen molar-refractivity contribution in [2.75, 3.05) is 6.54 Å². The first-order chi connectivity index (χ1) is 11.6. The van der Waals surface area contributed by atoms with Gasteiger partial charge in [-0.15, -0.1) is 0 Å². The van der Waals surface area contributed by atoms with Crippen LogP contribution >= 0.6 is 0 Å². The van der Waals surface area contributed by atoms with Crippen LogP contribution in [0.4, 0.5) is 0 Å². The number of benzene rings is 1. The van der Waals surface area contributed by atoms with Crippen LogP contribution in [0.2, 0.25) is 0 Å². The summed E-state index contributed by atoms with van der Waals surface area (Å²) < 4.78 is 1.70. The number of carbonyl (C=O) groups is 1. The molecule has 3 aromatic rings. The van der Waals surface area contributed by atoms with Crippen LogP contribution in [-0.2, 0) is 7.05 Å². The van der Waals surface area contributed by atoms with Gasteiger partial charge in [-0.05, 0) is 36.8 Å².